The highest BCUT2D eigenvalue weighted by molar-refractivity contribution is 6.56. The number of nitrogens with zero attached hydrogens (tertiary/aromatic N) is 4. The topological polar surface area (TPSA) is 52.2 Å². The summed E-state index contributed by atoms with van der Waals surface area (Å²) in [6.45, 7) is 0.763. The normalized spacial score (nSPS) is 12.7. The molecular formula is C18H11B3F2N4O. The Bertz CT molecular complexity index is 1270. The number of para-hydroxylation sites is 1. The third kappa shape index (κ3) is 2.93. The molecule has 5 nitrogen and oxygen atoms in total. The number of hydrogen-bond acceptors (Lipinski definition) is 3. The number of rotatable bonds is 3. The molecule has 0 aliphatic heterocycles. The van der Waals surface area contributed by atoms with Crippen LogP contribution in [0.5, 0.6) is 0 Å². The standard InChI is InChI=1S/C18H11B3F2N4O/c1-17(22,23)14-8-10(6-7-24-14)12-9-15-26(18(19,20)21)16(28)11-4-2-3-5-13(11)27(15)25-12/h2-9H,1H3. The van der Waals surface area contributed by atoms with Crippen molar-refractivity contribution in [3.8, 4) is 11.3 Å². The highest BCUT2D eigenvalue weighted by Gasteiger charge is 2.27. The summed E-state index contributed by atoms with van der Waals surface area (Å²) in [5, 5.41) is 2.79. The van der Waals surface area contributed by atoms with Crippen molar-refractivity contribution < 1.29 is 8.78 Å². The molecule has 0 saturated carbocycles. The number of aromatic nitrogens is 4. The summed E-state index contributed by atoms with van der Waals surface area (Å²) in [4.78, 5) is 16.6. The highest BCUT2D eigenvalue weighted by atomic mass is 19.3. The molecule has 0 spiro atoms. The van der Waals surface area contributed by atoms with Crippen LogP contribution in [0.1, 0.15) is 12.6 Å². The zero-order valence-corrected chi connectivity index (χ0v) is 14.8. The molecular weight excluding hydrogens is 359 g/mol. The Morgan fingerprint density at radius 3 is 2.46 bits per heavy atom. The van der Waals surface area contributed by atoms with E-state index in [0.29, 0.717) is 22.2 Å². The van der Waals surface area contributed by atoms with Gasteiger partial charge in [-0.05, 0) is 24.3 Å². The molecule has 3 heterocycles. The minimum atomic E-state index is -3.11. The van der Waals surface area contributed by atoms with Gasteiger partial charge >= 0.3 is 0 Å². The summed E-state index contributed by atoms with van der Waals surface area (Å²) in [6.07, 6.45) is 1.27. The maximum Gasteiger partial charge on any atom is 0.286 e. The number of fused-ring (bicyclic) bond motifs is 3. The van der Waals surface area contributed by atoms with Gasteiger partial charge in [-0.3, -0.25) is 9.78 Å². The van der Waals surface area contributed by atoms with Gasteiger partial charge in [0.25, 0.3) is 11.5 Å². The first-order valence-corrected chi connectivity index (χ1v) is 8.33. The molecule has 0 aliphatic rings. The first-order valence-electron chi connectivity index (χ1n) is 8.33. The first kappa shape index (κ1) is 18.5. The summed E-state index contributed by atoms with van der Waals surface area (Å²) < 4.78 is 29.8. The van der Waals surface area contributed by atoms with Crippen molar-refractivity contribution in [3.05, 3.63) is 64.7 Å². The van der Waals surface area contributed by atoms with Crippen molar-refractivity contribution in [3.63, 3.8) is 0 Å². The lowest BCUT2D eigenvalue weighted by Gasteiger charge is -2.25. The molecule has 0 unspecified atom stereocenters. The van der Waals surface area contributed by atoms with Gasteiger partial charge in [0.05, 0.1) is 40.1 Å². The molecule has 4 rings (SSSR count). The number of halogens is 2. The second-order valence-electron chi connectivity index (χ2n) is 6.66. The Labute approximate surface area is 162 Å². The number of hydrogen-bond donors (Lipinski definition) is 0. The minimum absolute atomic E-state index is 0.229. The maximum atomic E-state index is 13.7. The van der Waals surface area contributed by atoms with Crippen LogP contribution in [0.2, 0.25) is 0 Å². The van der Waals surface area contributed by atoms with Crippen LogP contribution in [0.3, 0.4) is 0 Å². The predicted octanol–water partition coefficient (Wildman–Crippen LogP) is 1.90. The van der Waals surface area contributed by atoms with Crippen LogP contribution in [0.4, 0.5) is 8.78 Å². The number of alkyl halides is 2. The van der Waals surface area contributed by atoms with Crippen LogP contribution in [0, 0.1) is 0 Å². The van der Waals surface area contributed by atoms with E-state index in [4.69, 9.17) is 23.5 Å². The van der Waals surface area contributed by atoms with Crippen LogP contribution >= 0.6 is 0 Å². The molecule has 28 heavy (non-hydrogen) atoms. The minimum Gasteiger partial charge on any atom is -0.313 e. The fourth-order valence-corrected chi connectivity index (χ4v) is 3.12. The van der Waals surface area contributed by atoms with Crippen LogP contribution < -0.4 is 5.56 Å². The van der Waals surface area contributed by atoms with E-state index in [1.165, 1.54) is 22.8 Å². The molecule has 0 bridgehead atoms. The monoisotopic (exact) mass is 370 g/mol. The van der Waals surface area contributed by atoms with E-state index in [-0.39, 0.29) is 5.65 Å². The Kier molecular flexibility index (Phi) is 3.99. The second-order valence-corrected chi connectivity index (χ2v) is 6.66. The Morgan fingerprint density at radius 2 is 1.79 bits per heavy atom. The summed E-state index contributed by atoms with van der Waals surface area (Å²) in [6, 6.07) is 11.0. The lowest BCUT2D eigenvalue weighted by molar-refractivity contribution is 0.0128. The molecule has 132 valence electrons. The van der Waals surface area contributed by atoms with Crippen molar-refractivity contribution >= 4 is 40.1 Å². The molecule has 0 fully saturated rings. The number of pyridine rings is 1. The van der Waals surface area contributed by atoms with Gasteiger partial charge in [-0.1, -0.05) is 17.4 Å². The fraction of sp³-hybridized carbons (Fsp3) is 0.167. The molecule has 10 heteroatoms. The van der Waals surface area contributed by atoms with E-state index in [2.05, 4.69) is 10.1 Å². The zero-order chi connectivity index (χ0) is 20.3. The van der Waals surface area contributed by atoms with Crippen LogP contribution in [0.15, 0.2) is 53.5 Å². The smallest absolute Gasteiger partial charge is 0.286 e. The van der Waals surface area contributed by atoms with Gasteiger partial charge in [0.1, 0.15) is 11.3 Å². The van der Waals surface area contributed by atoms with Crippen LogP contribution in [0.25, 0.3) is 27.8 Å². The lowest BCUT2D eigenvalue weighted by atomic mass is 9.49. The van der Waals surface area contributed by atoms with Gasteiger partial charge < -0.3 is 4.57 Å². The summed E-state index contributed by atoms with van der Waals surface area (Å²) in [5.74, 6) is -3.11. The van der Waals surface area contributed by atoms with E-state index in [1.807, 2.05) is 0 Å². The van der Waals surface area contributed by atoms with Gasteiger partial charge in [-0.25, -0.2) is 4.52 Å². The summed E-state index contributed by atoms with van der Waals surface area (Å²) in [7, 11) is 17.4. The molecule has 1 aromatic carbocycles. The average molecular weight is 370 g/mol. The summed E-state index contributed by atoms with van der Waals surface area (Å²) >= 11 is 0. The molecule has 0 aliphatic carbocycles. The van der Waals surface area contributed by atoms with Gasteiger partial charge in [0.2, 0.25) is 0 Å². The van der Waals surface area contributed by atoms with Gasteiger partial charge in [0.15, 0.2) is 0 Å². The molecule has 4 aromatic rings. The van der Waals surface area contributed by atoms with E-state index in [9.17, 15) is 13.6 Å². The molecule has 0 saturated heterocycles. The molecule has 6 radical (unpaired) electrons. The Hall–Kier alpha value is -2.90. The van der Waals surface area contributed by atoms with E-state index in [1.54, 1.807) is 30.3 Å². The molecule has 0 N–H and O–H groups in total. The van der Waals surface area contributed by atoms with Gasteiger partial charge in [-0.15, -0.1) is 0 Å². The Balaban J connectivity index is 2.07. The van der Waals surface area contributed by atoms with Crippen molar-refractivity contribution in [2.24, 2.45) is 0 Å². The highest BCUT2D eigenvalue weighted by Crippen LogP contribution is 2.29. The third-order valence-electron chi connectivity index (χ3n) is 4.38. The fourth-order valence-electron chi connectivity index (χ4n) is 3.12. The van der Waals surface area contributed by atoms with E-state index < -0.39 is 22.4 Å². The van der Waals surface area contributed by atoms with Gasteiger partial charge in [0, 0.05) is 24.8 Å². The van der Waals surface area contributed by atoms with Crippen molar-refractivity contribution in [2.75, 3.05) is 0 Å². The molecule has 0 amide bonds. The number of benzene rings is 1. The quantitative estimate of drug-likeness (QED) is 0.518. The SMILES string of the molecule is [B]C([B])([B])n1c(=O)c2ccccc2n2nc(-c3ccnc(C(C)(F)F)c3)cc12. The predicted molar refractivity (Wildman–Crippen MR) is 105 cm³/mol. The maximum absolute atomic E-state index is 13.7. The van der Waals surface area contributed by atoms with Crippen LogP contribution in [-0.2, 0) is 11.2 Å². The van der Waals surface area contributed by atoms with Crippen molar-refractivity contribution in [1.29, 1.82) is 0 Å². The largest absolute Gasteiger partial charge is 0.313 e. The van der Waals surface area contributed by atoms with E-state index in [0.717, 1.165) is 11.5 Å². The summed E-state index contributed by atoms with van der Waals surface area (Å²) in [5.41, 5.74) is 0.585. The molecule has 3 aromatic heterocycles. The Morgan fingerprint density at radius 1 is 1.07 bits per heavy atom. The second kappa shape index (κ2) is 6.05. The molecule has 0 atom stereocenters. The van der Waals surface area contributed by atoms with Crippen molar-refractivity contribution in [1.82, 2.24) is 19.2 Å². The lowest BCUT2D eigenvalue weighted by Crippen LogP contribution is -2.43. The van der Waals surface area contributed by atoms with Gasteiger partial charge in [-0.2, -0.15) is 13.9 Å². The van der Waals surface area contributed by atoms with Crippen LogP contribution in [-0.4, -0.2) is 42.7 Å². The third-order valence-corrected chi connectivity index (χ3v) is 4.38. The zero-order valence-electron chi connectivity index (χ0n) is 14.8. The average Bonchev–Trinajstić information content (AvgIpc) is 3.05. The van der Waals surface area contributed by atoms with E-state index >= 15 is 0 Å². The van der Waals surface area contributed by atoms with Crippen molar-refractivity contribution in [2.45, 2.75) is 18.1 Å². The first-order chi connectivity index (χ1) is 13.1.